The van der Waals surface area contributed by atoms with Crippen molar-refractivity contribution < 1.29 is 4.79 Å². The number of nitrogens with zero attached hydrogens (tertiary/aromatic N) is 1. The highest BCUT2D eigenvalue weighted by Crippen LogP contribution is 2.15. The molecule has 0 atom stereocenters. The maximum atomic E-state index is 11.7. The van der Waals surface area contributed by atoms with Gasteiger partial charge in [0.2, 0.25) is 5.91 Å². The second-order valence-electron chi connectivity index (χ2n) is 3.32. The summed E-state index contributed by atoms with van der Waals surface area (Å²) in [5.41, 5.74) is 0.928. The number of rotatable bonds is 2. The van der Waals surface area contributed by atoms with Crippen molar-refractivity contribution in [1.29, 1.82) is 0 Å². The van der Waals surface area contributed by atoms with E-state index in [9.17, 15) is 4.79 Å². The Hall–Kier alpha value is -1.29. The molecule has 0 unspecified atom stereocenters. The minimum Gasteiger partial charge on any atom is -0.366 e. The molecule has 13 heavy (non-hydrogen) atoms. The SMILES string of the molecule is CN(C(=O)C1CNC1)c1cc[nH]c1. The summed E-state index contributed by atoms with van der Waals surface area (Å²) in [6.45, 7) is 1.63. The fourth-order valence-electron chi connectivity index (χ4n) is 1.39. The molecule has 1 amide bonds. The minimum absolute atomic E-state index is 0.167. The van der Waals surface area contributed by atoms with Crippen LogP contribution < -0.4 is 10.2 Å². The topological polar surface area (TPSA) is 48.1 Å². The van der Waals surface area contributed by atoms with Gasteiger partial charge in [0.25, 0.3) is 0 Å². The molecule has 1 aromatic heterocycles. The van der Waals surface area contributed by atoms with Crippen LogP contribution in [-0.4, -0.2) is 31.0 Å². The third-order valence-corrected chi connectivity index (χ3v) is 2.43. The van der Waals surface area contributed by atoms with Gasteiger partial charge in [-0.2, -0.15) is 0 Å². The molecular weight excluding hydrogens is 166 g/mol. The number of anilines is 1. The first-order chi connectivity index (χ1) is 6.29. The first-order valence-electron chi connectivity index (χ1n) is 4.40. The number of aromatic nitrogens is 1. The van der Waals surface area contributed by atoms with Crippen LogP contribution in [0, 0.1) is 5.92 Å². The molecule has 2 rings (SSSR count). The van der Waals surface area contributed by atoms with Crippen molar-refractivity contribution in [1.82, 2.24) is 10.3 Å². The van der Waals surface area contributed by atoms with Gasteiger partial charge in [0.05, 0.1) is 11.6 Å². The summed E-state index contributed by atoms with van der Waals surface area (Å²) >= 11 is 0. The highest BCUT2D eigenvalue weighted by molar-refractivity contribution is 5.95. The van der Waals surface area contributed by atoms with Gasteiger partial charge in [-0.15, -0.1) is 0 Å². The Labute approximate surface area is 76.9 Å². The van der Waals surface area contributed by atoms with Gasteiger partial charge < -0.3 is 15.2 Å². The van der Waals surface area contributed by atoms with E-state index in [1.54, 1.807) is 4.90 Å². The Kier molecular flexibility index (Phi) is 2.06. The van der Waals surface area contributed by atoms with Crippen molar-refractivity contribution in [2.24, 2.45) is 5.92 Å². The van der Waals surface area contributed by atoms with Gasteiger partial charge in [-0.05, 0) is 6.07 Å². The van der Waals surface area contributed by atoms with Crippen molar-refractivity contribution in [3.8, 4) is 0 Å². The lowest BCUT2D eigenvalue weighted by atomic mass is 10.0. The number of hydrogen-bond acceptors (Lipinski definition) is 2. The molecule has 0 spiro atoms. The number of carbonyl (C=O) groups is 1. The van der Waals surface area contributed by atoms with E-state index in [2.05, 4.69) is 10.3 Å². The molecule has 0 aromatic carbocycles. The van der Waals surface area contributed by atoms with E-state index < -0.39 is 0 Å². The van der Waals surface area contributed by atoms with Gasteiger partial charge in [0.1, 0.15) is 0 Å². The predicted molar refractivity (Wildman–Crippen MR) is 50.6 cm³/mol. The maximum Gasteiger partial charge on any atom is 0.232 e. The predicted octanol–water partition coefficient (Wildman–Crippen LogP) is 0.197. The third kappa shape index (κ3) is 1.45. The fraction of sp³-hybridized carbons (Fsp3) is 0.444. The van der Waals surface area contributed by atoms with E-state index in [1.807, 2.05) is 25.5 Å². The molecular formula is C9H13N3O. The van der Waals surface area contributed by atoms with Crippen LogP contribution in [0.4, 0.5) is 5.69 Å². The zero-order chi connectivity index (χ0) is 9.26. The van der Waals surface area contributed by atoms with Gasteiger partial charge in [-0.3, -0.25) is 4.79 Å². The van der Waals surface area contributed by atoms with Crippen LogP contribution in [0.5, 0.6) is 0 Å². The highest BCUT2D eigenvalue weighted by Gasteiger charge is 2.28. The Morgan fingerprint density at radius 2 is 2.38 bits per heavy atom. The van der Waals surface area contributed by atoms with Gasteiger partial charge in [-0.25, -0.2) is 0 Å². The molecule has 1 fully saturated rings. The second kappa shape index (κ2) is 3.22. The fourth-order valence-corrected chi connectivity index (χ4v) is 1.39. The van der Waals surface area contributed by atoms with E-state index in [-0.39, 0.29) is 11.8 Å². The molecule has 1 aliphatic heterocycles. The van der Waals surface area contributed by atoms with Crippen molar-refractivity contribution in [2.75, 3.05) is 25.0 Å². The van der Waals surface area contributed by atoms with E-state index in [0.717, 1.165) is 18.8 Å². The molecule has 0 radical (unpaired) electrons. The molecule has 4 heteroatoms. The van der Waals surface area contributed by atoms with E-state index in [4.69, 9.17) is 0 Å². The lowest BCUT2D eigenvalue weighted by Crippen LogP contribution is -2.51. The number of nitrogens with one attached hydrogen (secondary N) is 2. The van der Waals surface area contributed by atoms with Crippen molar-refractivity contribution in [3.05, 3.63) is 18.5 Å². The molecule has 1 saturated heterocycles. The third-order valence-electron chi connectivity index (χ3n) is 2.43. The van der Waals surface area contributed by atoms with Gasteiger partial charge >= 0.3 is 0 Å². The second-order valence-corrected chi connectivity index (χ2v) is 3.32. The largest absolute Gasteiger partial charge is 0.366 e. The standard InChI is InChI=1S/C9H13N3O/c1-12(8-2-3-10-6-8)9(13)7-4-11-5-7/h2-3,6-7,10-11H,4-5H2,1H3. The van der Waals surface area contributed by atoms with Crippen LogP contribution in [0.25, 0.3) is 0 Å². The normalized spacial score (nSPS) is 16.7. The number of hydrogen-bond donors (Lipinski definition) is 2. The van der Waals surface area contributed by atoms with Crippen LogP contribution in [0.15, 0.2) is 18.5 Å². The summed E-state index contributed by atoms with van der Waals surface area (Å²) in [5, 5.41) is 3.09. The number of amides is 1. The minimum atomic E-state index is 0.167. The van der Waals surface area contributed by atoms with Gasteiger partial charge in [0, 0.05) is 32.5 Å². The molecule has 2 N–H and O–H groups in total. The summed E-state index contributed by atoms with van der Waals surface area (Å²) in [7, 11) is 1.81. The smallest absolute Gasteiger partial charge is 0.232 e. The van der Waals surface area contributed by atoms with E-state index in [0.29, 0.717) is 0 Å². The van der Waals surface area contributed by atoms with Crippen LogP contribution >= 0.6 is 0 Å². The Morgan fingerprint density at radius 3 is 2.85 bits per heavy atom. The van der Waals surface area contributed by atoms with Crippen molar-refractivity contribution in [2.45, 2.75) is 0 Å². The quantitative estimate of drug-likeness (QED) is 0.681. The molecule has 0 bridgehead atoms. The summed E-state index contributed by atoms with van der Waals surface area (Å²) in [6, 6.07) is 1.89. The Balaban J connectivity index is 2.04. The number of carbonyl (C=O) groups excluding carboxylic acids is 1. The van der Waals surface area contributed by atoms with Crippen LogP contribution in [-0.2, 0) is 4.79 Å². The molecule has 2 heterocycles. The molecule has 70 valence electrons. The lowest BCUT2D eigenvalue weighted by molar-refractivity contribution is -0.123. The van der Waals surface area contributed by atoms with E-state index in [1.165, 1.54) is 0 Å². The van der Waals surface area contributed by atoms with Gasteiger partial charge in [-0.1, -0.05) is 0 Å². The lowest BCUT2D eigenvalue weighted by Gasteiger charge is -2.29. The molecule has 0 saturated carbocycles. The Morgan fingerprint density at radius 1 is 1.62 bits per heavy atom. The first kappa shape index (κ1) is 8.31. The number of H-pyrrole nitrogens is 1. The van der Waals surface area contributed by atoms with Crippen molar-refractivity contribution >= 4 is 11.6 Å². The summed E-state index contributed by atoms with van der Waals surface area (Å²) in [6.07, 6.45) is 3.64. The number of aromatic amines is 1. The van der Waals surface area contributed by atoms with Gasteiger partial charge in [0.15, 0.2) is 0 Å². The summed E-state index contributed by atoms with van der Waals surface area (Å²) < 4.78 is 0. The zero-order valence-corrected chi connectivity index (χ0v) is 7.58. The van der Waals surface area contributed by atoms with Crippen LogP contribution in [0.1, 0.15) is 0 Å². The molecule has 1 aromatic rings. The molecule has 1 aliphatic rings. The molecule has 0 aliphatic carbocycles. The zero-order valence-electron chi connectivity index (χ0n) is 7.58. The highest BCUT2D eigenvalue weighted by atomic mass is 16.2. The average Bonchev–Trinajstić information content (AvgIpc) is 2.51. The van der Waals surface area contributed by atoms with E-state index >= 15 is 0 Å². The van der Waals surface area contributed by atoms with Crippen LogP contribution in [0.3, 0.4) is 0 Å². The maximum absolute atomic E-state index is 11.7. The van der Waals surface area contributed by atoms with Crippen LogP contribution in [0.2, 0.25) is 0 Å². The first-order valence-corrected chi connectivity index (χ1v) is 4.40. The summed E-state index contributed by atoms with van der Waals surface area (Å²) in [4.78, 5) is 16.3. The Bertz CT molecular complexity index is 290. The molecule has 4 nitrogen and oxygen atoms in total. The van der Waals surface area contributed by atoms with Crippen molar-refractivity contribution in [3.63, 3.8) is 0 Å². The summed E-state index contributed by atoms with van der Waals surface area (Å²) in [5.74, 6) is 0.359. The monoisotopic (exact) mass is 179 g/mol. The average molecular weight is 179 g/mol.